The predicted molar refractivity (Wildman–Crippen MR) is 116 cm³/mol. The Labute approximate surface area is 184 Å². The lowest BCUT2D eigenvalue weighted by atomic mass is 10.0. The number of rotatable bonds is 5. The number of carbonyl (C=O) groups is 1. The largest absolute Gasteiger partial charge is 0.379 e. The lowest BCUT2D eigenvalue weighted by Crippen LogP contribution is -2.40. The summed E-state index contributed by atoms with van der Waals surface area (Å²) in [6.07, 6.45) is 0. The number of nitrogens with zero attached hydrogens (tertiary/aromatic N) is 1. The van der Waals surface area contributed by atoms with Gasteiger partial charge in [-0.15, -0.1) is 0 Å². The molecule has 1 heterocycles. The number of anilines is 1. The summed E-state index contributed by atoms with van der Waals surface area (Å²) in [6, 6.07) is 15.8. The van der Waals surface area contributed by atoms with Crippen molar-refractivity contribution >= 4 is 21.6 Å². The van der Waals surface area contributed by atoms with Gasteiger partial charge in [-0.05, 0) is 29.8 Å². The topological polar surface area (TPSA) is 75.7 Å². The van der Waals surface area contributed by atoms with Crippen molar-refractivity contribution in [2.75, 3.05) is 31.6 Å². The molecule has 0 spiro atoms. The standard InChI is InChI=1S/C23H20F2N2O4S/c24-18-14-20(16-5-2-1-3-6-16)22(21(25)15-18)26-23(28)17-7-4-8-19(13-17)32(29,30)27-9-11-31-12-10-27/h1-8,13-15H,9-12H2,(H,26,28). The molecule has 3 aromatic carbocycles. The molecule has 9 heteroatoms. The molecule has 32 heavy (non-hydrogen) atoms. The molecule has 6 nitrogen and oxygen atoms in total. The van der Waals surface area contributed by atoms with E-state index in [-0.39, 0.29) is 34.8 Å². The molecule has 0 saturated carbocycles. The van der Waals surface area contributed by atoms with Crippen LogP contribution in [-0.2, 0) is 14.8 Å². The maximum Gasteiger partial charge on any atom is 0.255 e. The number of benzene rings is 3. The number of nitrogens with one attached hydrogen (secondary N) is 1. The van der Waals surface area contributed by atoms with Crippen LogP contribution in [0.4, 0.5) is 14.5 Å². The fourth-order valence-electron chi connectivity index (χ4n) is 3.47. The summed E-state index contributed by atoms with van der Waals surface area (Å²) in [4.78, 5) is 12.8. The normalized spacial score (nSPS) is 14.8. The minimum Gasteiger partial charge on any atom is -0.379 e. The third kappa shape index (κ3) is 4.55. The Morgan fingerprint density at radius 2 is 1.66 bits per heavy atom. The Balaban J connectivity index is 1.65. The summed E-state index contributed by atoms with van der Waals surface area (Å²) >= 11 is 0. The second-order valence-corrected chi connectivity index (χ2v) is 9.11. The monoisotopic (exact) mass is 458 g/mol. The highest BCUT2D eigenvalue weighted by molar-refractivity contribution is 7.89. The van der Waals surface area contributed by atoms with Crippen molar-refractivity contribution in [2.24, 2.45) is 0 Å². The predicted octanol–water partition coefficient (Wildman–Crippen LogP) is 3.91. The van der Waals surface area contributed by atoms with Gasteiger partial charge in [-0.3, -0.25) is 4.79 Å². The molecule has 4 rings (SSSR count). The number of ether oxygens (including phenoxy) is 1. The van der Waals surface area contributed by atoms with Gasteiger partial charge in [0.15, 0.2) is 0 Å². The minimum absolute atomic E-state index is 0.0297. The Morgan fingerprint density at radius 1 is 0.938 bits per heavy atom. The summed E-state index contributed by atoms with van der Waals surface area (Å²) in [5.74, 6) is -2.43. The fourth-order valence-corrected chi connectivity index (χ4v) is 4.92. The van der Waals surface area contributed by atoms with Gasteiger partial charge in [-0.1, -0.05) is 36.4 Å². The number of carbonyl (C=O) groups excluding carboxylic acids is 1. The van der Waals surface area contributed by atoms with Crippen LogP contribution in [0.15, 0.2) is 71.6 Å². The van der Waals surface area contributed by atoms with Crippen molar-refractivity contribution in [1.29, 1.82) is 0 Å². The third-order valence-electron chi connectivity index (χ3n) is 5.08. The fraction of sp³-hybridized carbons (Fsp3) is 0.174. The Bertz CT molecular complexity index is 1240. The zero-order chi connectivity index (χ0) is 22.7. The van der Waals surface area contributed by atoms with Gasteiger partial charge in [-0.2, -0.15) is 4.31 Å². The summed E-state index contributed by atoms with van der Waals surface area (Å²) < 4.78 is 60.8. The Kier molecular flexibility index (Phi) is 6.31. The molecule has 0 atom stereocenters. The summed E-state index contributed by atoms with van der Waals surface area (Å²) in [7, 11) is -3.81. The SMILES string of the molecule is O=C(Nc1c(F)cc(F)cc1-c1ccccc1)c1cccc(S(=O)(=O)N2CCOCC2)c1. The van der Waals surface area contributed by atoms with E-state index in [0.29, 0.717) is 24.8 Å². The minimum atomic E-state index is -3.81. The summed E-state index contributed by atoms with van der Waals surface area (Å²) in [5.41, 5.74) is 0.532. The summed E-state index contributed by atoms with van der Waals surface area (Å²) in [6.45, 7) is 1.04. The van der Waals surface area contributed by atoms with Crippen LogP contribution in [0, 0.1) is 11.6 Å². The van der Waals surface area contributed by atoms with E-state index in [4.69, 9.17) is 4.74 Å². The van der Waals surface area contributed by atoms with Gasteiger partial charge in [0.2, 0.25) is 10.0 Å². The van der Waals surface area contributed by atoms with Crippen molar-refractivity contribution in [2.45, 2.75) is 4.90 Å². The highest BCUT2D eigenvalue weighted by atomic mass is 32.2. The molecule has 0 aromatic heterocycles. The van der Waals surface area contributed by atoms with E-state index in [1.54, 1.807) is 30.3 Å². The number of hydrogen-bond acceptors (Lipinski definition) is 4. The maximum absolute atomic E-state index is 14.6. The van der Waals surface area contributed by atoms with Crippen LogP contribution in [0.25, 0.3) is 11.1 Å². The molecular weight excluding hydrogens is 438 g/mol. The van der Waals surface area contributed by atoms with E-state index < -0.39 is 27.6 Å². The van der Waals surface area contributed by atoms with Gasteiger partial charge >= 0.3 is 0 Å². The van der Waals surface area contributed by atoms with Gasteiger partial charge in [0.1, 0.15) is 11.6 Å². The van der Waals surface area contributed by atoms with Crippen LogP contribution < -0.4 is 5.32 Å². The second kappa shape index (κ2) is 9.15. The molecule has 166 valence electrons. The average molecular weight is 458 g/mol. The lowest BCUT2D eigenvalue weighted by Gasteiger charge is -2.26. The van der Waals surface area contributed by atoms with Crippen molar-refractivity contribution < 1.29 is 26.7 Å². The average Bonchev–Trinajstić information content (AvgIpc) is 2.81. The molecule has 1 aliphatic rings. The number of amides is 1. The lowest BCUT2D eigenvalue weighted by molar-refractivity contribution is 0.0730. The van der Waals surface area contributed by atoms with Crippen LogP contribution in [-0.4, -0.2) is 44.9 Å². The molecule has 3 aromatic rings. The number of halogens is 2. The van der Waals surface area contributed by atoms with Crippen LogP contribution in [0.3, 0.4) is 0 Å². The van der Waals surface area contributed by atoms with Crippen molar-refractivity contribution in [3.8, 4) is 11.1 Å². The number of morpholine rings is 1. The molecule has 1 fully saturated rings. The van der Waals surface area contributed by atoms with E-state index in [1.165, 1.54) is 28.6 Å². The number of hydrogen-bond donors (Lipinski definition) is 1. The molecule has 0 radical (unpaired) electrons. The van der Waals surface area contributed by atoms with E-state index in [9.17, 15) is 22.0 Å². The maximum atomic E-state index is 14.6. The zero-order valence-corrected chi connectivity index (χ0v) is 17.7. The van der Waals surface area contributed by atoms with Crippen LogP contribution in [0.5, 0.6) is 0 Å². The van der Waals surface area contributed by atoms with Gasteiger partial charge in [0, 0.05) is 30.3 Å². The first-order valence-corrected chi connectivity index (χ1v) is 11.3. The number of sulfonamides is 1. The van der Waals surface area contributed by atoms with Crippen LogP contribution in [0.2, 0.25) is 0 Å². The first kappa shape index (κ1) is 22.1. The molecule has 1 aliphatic heterocycles. The van der Waals surface area contributed by atoms with E-state index in [0.717, 1.165) is 6.07 Å². The van der Waals surface area contributed by atoms with Gasteiger partial charge in [0.25, 0.3) is 5.91 Å². The quantitative estimate of drug-likeness (QED) is 0.629. The molecule has 1 amide bonds. The summed E-state index contributed by atoms with van der Waals surface area (Å²) in [5, 5.41) is 2.47. The van der Waals surface area contributed by atoms with Gasteiger partial charge < -0.3 is 10.1 Å². The molecule has 1 N–H and O–H groups in total. The smallest absolute Gasteiger partial charge is 0.255 e. The molecular formula is C23H20F2N2O4S. The second-order valence-electron chi connectivity index (χ2n) is 7.17. The van der Waals surface area contributed by atoms with E-state index in [1.807, 2.05) is 0 Å². The van der Waals surface area contributed by atoms with Crippen molar-refractivity contribution in [3.63, 3.8) is 0 Å². The highest BCUT2D eigenvalue weighted by Gasteiger charge is 2.27. The van der Waals surface area contributed by atoms with Gasteiger partial charge in [0.05, 0.1) is 23.8 Å². The van der Waals surface area contributed by atoms with E-state index in [2.05, 4.69) is 5.32 Å². The first-order valence-electron chi connectivity index (χ1n) is 9.90. The van der Waals surface area contributed by atoms with E-state index >= 15 is 0 Å². The molecule has 0 unspecified atom stereocenters. The Hall–Kier alpha value is -3.14. The molecule has 0 aliphatic carbocycles. The third-order valence-corrected chi connectivity index (χ3v) is 6.98. The Morgan fingerprint density at radius 3 is 2.38 bits per heavy atom. The highest BCUT2D eigenvalue weighted by Crippen LogP contribution is 2.32. The first-order chi connectivity index (χ1) is 15.4. The van der Waals surface area contributed by atoms with Crippen molar-refractivity contribution in [3.05, 3.63) is 83.9 Å². The molecule has 1 saturated heterocycles. The molecule has 0 bridgehead atoms. The van der Waals surface area contributed by atoms with Crippen molar-refractivity contribution in [1.82, 2.24) is 4.31 Å². The van der Waals surface area contributed by atoms with Crippen LogP contribution in [0.1, 0.15) is 10.4 Å². The van der Waals surface area contributed by atoms with Gasteiger partial charge in [-0.25, -0.2) is 17.2 Å². The zero-order valence-electron chi connectivity index (χ0n) is 16.9. The van der Waals surface area contributed by atoms with Crippen LogP contribution >= 0.6 is 0 Å².